The second-order valence-corrected chi connectivity index (χ2v) is 4.04. The first kappa shape index (κ1) is 12.4. The molecule has 6 heteroatoms. The summed E-state index contributed by atoms with van der Waals surface area (Å²) >= 11 is 0. The van der Waals surface area contributed by atoms with Crippen LogP contribution < -0.4 is 11.7 Å². The number of nitrogens with one attached hydrogen (secondary N) is 1. The zero-order valence-electron chi connectivity index (χ0n) is 9.77. The van der Waals surface area contributed by atoms with E-state index in [1.807, 2.05) is 18.2 Å². The lowest BCUT2D eigenvalue weighted by Gasteiger charge is -2.01. The Morgan fingerprint density at radius 3 is 3.00 bits per heavy atom. The number of unbranched alkanes of at least 4 members (excludes halogenated alkanes) is 1. The molecule has 0 aliphatic rings. The van der Waals surface area contributed by atoms with E-state index < -0.39 is 11.7 Å². The zero-order chi connectivity index (χ0) is 13.0. The average molecular weight is 250 g/mol. The lowest BCUT2D eigenvalue weighted by Crippen LogP contribution is -2.09. The molecular formula is C12H14N2O4. The Morgan fingerprint density at radius 2 is 2.22 bits per heavy atom. The van der Waals surface area contributed by atoms with Crippen molar-refractivity contribution >= 4 is 17.1 Å². The van der Waals surface area contributed by atoms with E-state index in [0.717, 1.165) is 18.4 Å². The van der Waals surface area contributed by atoms with Gasteiger partial charge in [-0.3, -0.25) is 9.78 Å². The number of hydrogen-bond donors (Lipinski definition) is 2. The van der Waals surface area contributed by atoms with Crippen LogP contribution in [0.1, 0.15) is 24.8 Å². The number of carbonyl (C=O) groups is 1. The van der Waals surface area contributed by atoms with Gasteiger partial charge in [0.05, 0.1) is 5.52 Å². The topological polar surface area (TPSA) is 98.3 Å². The minimum Gasteiger partial charge on any atom is -0.408 e. The van der Waals surface area contributed by atoms with Gasteiger partial charge in [-0.15, -0.1) is 0 Å². The van der Waals surface area contributed by atoms with Crippen LogP contribution in [-0.4, -0.2) is 11.0 Å². The highest BCUT2D eigenvalue weighted by Crippen LogP contribution is 2.14. The predicted molar refractivity (Wildman–Crippen MR) is 64.7 cm³/mol. The van der Waals surface area contributed by atoms with Crippen molar-refractivity contribution < 1.29 is 14.0 Å². The van der Waals surface area contributed by atoms with Gasteiger partial charge in [0.25, 0.3) is 0 Å². The average Bonchev–Trinajstić information content (AvgIpc) is 2.73. The molecule has 0 saturated heterocycles. The highest BCUT2D eigenvalue weighted by Gasteiger charge is 2.03. The van der Waals surface area contributed by atoms with Crippen molar-refractivity contribution in [1.82, 2.24) is 4.98 Å². The minimum atomic E-state index is -0.451. The van der Waals surface area contributed by atoms with Gasteiger partial charge in [-0.2, -0.15) is 5.90 Å². The first-order valence-corrected chi connectivity index (χ1v) is 5.70. The summed E-state index contributed by atoms with van der Waals surface area (Å²) in [6.07, 6.45) is 2.68. The van der Waals surface area contributed by atoms with Gasteiger partial charge in [-0.05, 0) is 37.0 Å². The maximum atomic E-state index is 11.0. The molecule has 0 atom stereocenters. The molecule has 96 valence electrons. The second-order valence-electron chi connectivity index (χ2n) is 4.04. The van der Waals surface area contributed by atoms with E-state index in [2.05, 4.69) is 9.82 Å². The summed E-state index contributed by atoms with van der Waals surface area (Å²) < 4.78 is 4.97. The Hall–Kier alpha value is -2.08. The molecule has 3 N–H and O–H groups in total. The fourth-order valence-electron chi connectivity index (χ4n) is 1.80. The van der Waals surface area contributed by atoms with Crippen LogP contribution in [0.2, 0.25) is 0 Å². The van der Waals surface area contributed by atoms with Gasteiger partial charge >= 0.3 is 11.7 Å². The number of benzene rings is 1. The smallest absolute Gasteiger partial charge is 0.408 e. The van der Waals surface area contributed by atoms with Gasteiger partial charge in [-0.1, -0.05) is 6.07 Å². The zero-order valence-corrected chi connectivity index (χ0v) is 9.77. The van der Waals surface area contributed by atoms with Gasteiger partial charge < -0.3 is 9.25 Å². The molecule has 0 fully saturated rings. The first-order chi connectivity index (χ1) is 8.69. The number of rotatable bonds is 5. The fourth-order valence-corrected chi connectivity index (χ4v) is 1.80. The summed E-state index contributed by atoms with van der Waals surface area (Å²) in [6, 6.07) is 5.56. The SMILES string of the molecule is NOC(=O)CCCCc1ccc2[nH]c(=O)oc2c1. The molecule has 0 radical (unpaired) electrons. The van der Waals surface area contributed by atoms with E-state index in [0.29, 0.717) is 23.9 Å². The summed E-state index contributed by atoms with van der Waals surface area (Å²) in [4.78, 5) is 28.4. The quantitative estimate of drug-likeness (QED) is 0.614. The van der Waals surface area contributed by atoms with E-state index in [1.54, 1.807) is 0 Å². The number of H-pyrrole nitrogens is 1. The molecule has 0 aliphatic heterocycles. The van der Waals surface area contributed by atoms with Crippen molar-refractivity contribution in [1.29, 1.82) is 0 Å². The van der Waals surface area contributed by atoms with Crippen molar-refractivity contribution in [2.75, 3.05) is 0 Å². The highest BCUT2D eigenvalue weighted by atomic mass is 16.7. The highest BCUT2D eigenvalue weighted by molar-refractivity contribution is 5.72. The van der Waals surface area contributed by atoms with E-state index in [1.165, 1.54) is 0 Å². The van der Waals surface area contributed by atoms with Gasteiger partial charge in [0.15, 0.2) is 5.58 Å². The number of hydrogen-bond acceptors (Lipinski definition) is 5. The van der Waals surface area contributed by atoms with E-state index >= 15 is 0 Å². The molecule has 0 spiro atoms. The summed E-state index contributed by atoms with van der Waals surface area (Å²) in [7, 11) is 0. The van der Waals surface area contributed by atoms with Crippen LogP contribution in [0.3, 0.4) is 0 Å². The van der Waals surface area contributed by atoms with E-state index in [-0.39, 0.29) is 0 Å². The maximum absolute atomic E-state index is 11.0. The molecule has 0 bridgehead atoms. The van der Waals surface area contributed by atoms with Gasteiger partial charge in [0, 0.05) is 6.42 Å². The van der Waals surface area contributed by atoms with Crippen LogP contribution in [-0.2, 0) is 16.1 Å². The monoisotopic (exact) mass is 250 g/mol. The Morgan fingerprint density at radius 1 is 1.39 bits per heavy atom. The van der Waals surface area contributed by atoms with Crippen LogP contribution in [0.5, 0.6) is 0 Å². The number of aromatic nitrogens is 1. The molecule has 2 aromatic rings. The molecule has 0 saturated carbocycles. The third-order valence-electron chi connectivity index (χ3n) is 2.71. The van der Waals surface area contributed by atoms with Gasteiger partial charge in [0.2, 0.25) is 0 Å². The molecule has 6 nitrogen and oxygen atoms in total. The predicted octanol–water partition coefficient (Wildman–Crippen LogP) is 1.25. The molecule has 0 unspecified atom stereocenters. The molecular weight excluding hydrogens is 236 g/mol. The van der Waals surface area contributed by atoms with Crippen LogP contribution in [0.4, 0.5) is 0 Å². The number of carbonyl (C=O) groups excluding carboxylic acids is 1. The van der Waals surface area contributed by atoms with E-state index in [4.69, 9.17) is 10.3 Å². The lowest BCUT2D eigenvalue weighted by atomic mass is 10.1. The lowest BCUT2D eigenvalue weighted by molar-refractivity contribution is -0.144. The normalized spacial score (nSPS) is 10.7. The van der Waals surface area contributed by atoms with Crippen molar-refractivity contribution in [3.05, 3.63) is 34.3 Å². The Kier molecular flexibility index (Phi) is 3.78. The Labute approximate surface area is 103 Å². The van der Waals surface area contributed by atoms with Crippen molar-refractivity contribution in [3.8, 4) is 0 Å². The van der Waals surface area contributed by atoms with Crippen LogP contribution in [0, 0.1) is 0 Å². The third-order valence-corrected chi connectivity index (χ3v) is 2.71. The number of aromatic amines is 1. The van der Waals surface area contributed by atoms with E-state index in [9.17, 15) is 9.59 Å². The van der Waals surface area contributed by atoms with Crippen LogP contribution in [0.25, 0.3) is 11.1 Å². The number of fused-ring (bicyclic) bond motifs is 1. The molecule has 2 rings (SSSR count). The standard InChI is InChI=1S/C12H14N2O4/c13-18-11(15)4-2-1-3-8-5-6-9-10(7-8)17-12(16)14-9/h5-7H,1-4,13H2,(H,14,16). The largest absolute Gasteiger partial charge is 0.417 e. The summed E-state index contributed by atoms with van der Waals surface area (Å²) in [5.74, 6) is 3.88. The molecule has 1 aromatic heterocycles. The Bertz CT molecular complexity index is 599. The van der Waals surface area contributed by atoms with Gasteiger partial charge in [0.1, 0.15) is 0 Å². The molecule has 0 amide bonds. The minimum absolute atomic E-state index is 0.317. The number of aryl methyl sites for hydroxylation is 1. The number of nitrogens with two attached hydrogens (primary N) is 1. The van der Waals surface area contributed by atoms with Crippen LogP contribution >= 0.6 is 0 Å². The Balaban J connectivity index is 1.91. The molecule has 18 heavy (non-hydrogen) atoms. The molecule has 1 aromatic carbocycles. The summed E-state index contributed by atoms with van der Waals surface area (Å²) in [6.45, 7) is 0. The first-order valence-electron chi connectivity index (χ1n) is 5.70. The van der Waals surface area contributed by atoms with Crippen LogP contribution in [0.15, 0.2) is 27.4 Å². The fraction of sp³-hybridized carbons (Fsp3) is 0.333. The van der Waals surface area contributed by atoms with Crippen molar-refractivity contribution in [3.63, 3.8) is 0 Å². The maximum Gasteiger partial charge on any atom is 0.417 e. The second kappa shape index (κ2) is 5.50. The van der Waals surface area contributed by atoms with Crippen molar-refractivity contribution in [2.45, 2.75) is 25.7 Å². The number of oxazole rings is 1. The molecule has 0 aliphatic carbocycles. The summed E-state index contributed by atoms with van der Waals surface area (Å²) in [5, 5.41) is 0. The van der Waals surface area contributed by atoms with Gasteiger partial charge in [-0.25, -0.2) is 4.79 Å². The van der Waals surface area contributed by atoms with Crippen molar-refractivity contribution in [2.24, 2.45) is 5.90 Å². The summed E-state index contributed by atoms with van der Waals surface area (Å²) in [5.41, 5.74) is 2.31. The third kappa shape index (κ3) is 2.98. The molecule has 1 heterocycles.